The van der Waals surface area contributed by atoms with Crippen molar-refractivity contribution in [1.29, 1.82) is 0 Å². The molecule has 0 saturated heterocycles. The number of hydrogen-bond donors (Lipinski definition) is 0. The van der Waals surface area contributed by atoms with E-state index in [1.54, 1.807) is 19.3 Å². The number of rotatable bonds is 2. The molecule has 0 saturated carbocycles. The number of aryl methyl sites for hydroxylation is 1. The van der Waals surface area contributed by atoms with E-state index in [4.69, 9.17) is 4.98 Å². The summed E-state index contributed by atoms with van der Waals surface area (Å²) in [4.78, 5) is 23.1. The average molecular weight is 319 g/mol. The van der Waals surface area contributed by atoms with Gasteiger partial charge in [-0.3, -0.25) is 4.79 Å². The average Bonchev–Trinajstić information content (AvgIpc) is 2.63. The molecule has 6 nitrogen and oxygen atoms in total. The molecule has 0 aliphatic carbocycles. The molecular formula is C18H17N5O. The van der Waals surface area contributed by atoms with Crippen LogP contribution in [0.3, 0.4) is 0 Å². The lowest BCUT2D eigenvalue weighted by atomic mass is 10.1. The number of aromatic nitrogens is 4. The molecule has 0 bridgehead atoms. The molecule has 2 aromatic heterocycles. The van der Waals surface area contributed by atoms with Gasteiger partial charge < -0.3 is 4.90 Å². The van der Waals surface area contributed by atoms with E-state index in [9.17, 15) is 4.79 Å². The van der Waals surface area contributed by atoms with E-state index in [2.05, 4.69) is 15.0 Å². The van der Waals surface area contributed by atoms with Gasteiger partial charge in [0.1, 0.15) is 5.82 Å². The zero-order valence-electron chi connectivity index (χ0n) is 13.4. The Morgan fingerprint density at radius 3 is 2.79 bits per heavy atom. The van der Waals surface area contributed by atoms with Crippen molar-refractivity contribution in [2.75, 3.05) is 11.4 Å². The van der Waals surface area contributed by atoms with Crippen LogP contribution in [0.25, 0.3) is 11.4 Å². The van der Waals surface area contributed by atoms with Crippen molar-refractivity contribution in [3.05, 3.63) is 70.3 Å². The lowest BCUT2D eigenvalue weighted by molar-refractivity contribution is 0.622. The summed E-state index contributed by atoms with van der Waals surface area (Å²) in [6.45, 7) is 1.47. The molecule has 24 heavy (non-hydrogen) atoms. The first-order valence-corrected chi connectivity index (χ1v) is 7.90. The quantitative estimate of drug-likeness (QED) is 0.721. The predicted molar refractivity (Wildman–Crippen MR) is 91.7 cm³/mol. The summed E-state index contributed by atoms with van der Waals surface area (Å²) in [5.41, 5.74) is 2.88. The fourth-order valence-electron chi connectivity index (χ4n) is 2.94. The fourth-order valence-corrected chi connectivity index (χ4v) is 2.94. The third-order valence-corrected chi connectivity index (χ3v) is 4.23. The summed E-state index contributed by atoms with van der Waals surface area (Å²) in [7, 11) is 1.69. The van der Waals surface area contributed by atoms with Gasteiger partial charge in [-0.2, -0.15) is 5.10 Å². The second-order valence-corrected chi connectivity index (χ2v) is 5.85. The van der Waals surface area contributed by atoms with E-state index in [-0.39, 0.29) is 5.56 Å². The first-order valence-electron chi connectivity index (χ1n) is 7.90. The zero-order chi connectivity index (χ0) is 16.5. The Hall–Kier alpha value is -3.02. The van der Waals surface area contributed by atoms with Crippen molar-refractivity contribution >= 4 is 5.82 Å². The maximum absolute atomic E-state index is 11.8. The highest BCUT2D eigenvalue weighted by molar-refractivity contribution is 5.57. The summed E-state index contributed by atoms with van der Waals surface area (Å²) in [6, 6.07) is 13.5. The first-order chi connectivity index (χ1) is 11.7. The molecule has 1 aromatic carbocycles. The molecule has 1 aliphatic rings. The molecule has 0 N–H and O–H groups in total. The second-order valence-electron chi connectivity index (χ2n) is 5.85. The first kappa shape index (κ1) is 14.6. The van der Waals surface area contributed by atoms with Gasteiger partial charge in [-0.05, 0) is 6.07 Å². The molecular weight excluding hydrogens is 302 g/mol. The largest absolute Gasteiger partial charge is 0.352 e. The van der Waals surface area contributed by atoms with Gasteiger partial charge in [0.25, 0.3) is 5.56 Å². The molecule has 0 spiro atoms. The molecule has 1 aliphatic heterocycles. The number of anilines is 1. The van der Waals surface area contributed by atoms with Crippen LogP contribution in [0.1, 0.15) is 11.3 Å². The molecule has 0 unspecified atom stereocenters. The van der Waals surface area contributed by atoms with Crippen LogP contribution in [0, 0.1) is 0 Å². The van der Waals surface area contributed by atoms with E-state index in [0.29, 0.717) is 12.4 Å². The van der Waals surface area contributed by atoms with Crippen LogP contribution < -0.4 is 10.5 Å². The molecule has 0 fully saturated rings. The Labute approximate surface area is 139 Å². The van der Waals surface area contributed by atoms with Gasteiger partial charge in [-0.1, -0.05) is 30.3 Å². The maximum Gasteiger partial charge on any atom is 0.266 e. The number of fused-ring (bicyclic) bond motifs is 1. The lowest BCUT2D eigenvalue weighted by Gasteiger charge is -2.29. The molecule has 3 heterocycles. The molecule has 120 valence electrons. The van der Waals surface area contributed by atoms with Crippen LogP contribution in [0.5, 0.6) is 0 Å². The van der Waals surface area contributed by atoms with Gasteiger partial charge in [-0.25, -0.2) is 14.6 Å². The minimum absolute atomic E-state index is 0.0803. The Kier molecular flexibility index (Phi) is 3.57. The Bertz CT molecular complexity index is 936. The highest BCUT2D eigenvalue weighted by Gasteiger charge is 2.20. The molecule has 3 aromatic rings. The van der Waals surface area contributed by atoms with Crippen molar-refractivity contribution in [2.45, 2.75) is 13.0 Å². The summed E-state index contributed by atoms with van der Waals surface area (Å²) >= 11 is 0. The number of benzene rings is 1. The van der Waals surface area contributed by atoms with Crippen molar-refractivity contribution in [1.82, 2.24) is 19.7 Å². The summed E-state index contributed by atoms with van der Waals surface area (Å²) in [5.74, 6) is 1.58. The predicted octanol–water partition coefficient (Wildman–Crippen LogP) is 1.80. The topological polar surface area (TPSA) is 63.9 Å². The van der Waals surface area contributed by atoms with E-state index >= 15 is 0 Å². The van der Waals surface area contributed by atoms with Gasteiger partial charge in [0, 0.05) is 49.9 Å². The van der Waals surface area contributed by atoms with Crippen LogP contribution in [-0.2, 0) is 20.0 Å². The smallest absolute Gasteiger partial charge is 0.266 e. The molecule has 0 atom stereocenters. The summed E-state index contributed by atoms with van der Waals surface area (Å²) in [5, 5.41) is 4.35. The van der Waals surface area contributed by atoms with Crippen molar-refractivity contribution in [3.8, 4) is 11.4 Å². The van der Waals surface area contributed by atoms with E-state index in [1.165, 1.54) is 4.68 Å². The number of hydrogen-bond acceptors (Lipinski definition) is 5. The van der Waals surface area contributed by atoms with E-state index in [1.807, 2.05) is 36.4 Å². The lowest BCUT2D eigenvalue weighted by Crippen LogP contribution is -2.34. The van der Waals surface area contributed by atoms with Crippen molar-refractivity contribution < 1.29 is 0 Å². The highest BCUT2D eigenvalue weighted by atomic mass is 16.1. The zero-order valence-corrected chi connectivity index (χ0v) is 13.4. The Morgan fingerprint density at radius 2 is 1.96 bits per heavy atom. The summed E-state index contributed by atoms with van der Waals surface area (Å²) < 4.78 is 1.40. The molecule has 4 rings (SSSR count). The standard InChI is InChI=1S/C18H17N5O/c1-22-17(24)11-14-12-23(10-8-15(14)21-22)16-7-9-19-18(20-16)13-5-3-2-4-6-13/h2-7,9,11H,8,10,12H2,1H3. The van der Waals surface area contributed by atoms with E-state index < -0.39 is 0 Å². The van der Waals surface area contributed by atoms with Gasteiger partial charge in [-0.15, -0.1) is 0 Å². The molecule has 6 heteroatoms. The SMILES string of the molecule is Cn1nc2c(cc1=O)CN(c1ccnc(-c3ccccc3)n1)CC2. The Morgan fingerprint density at radius 1 is 1.12 bits per heavy atom. The van der Waals surface area contributed by atoms with Gasteiger partial charge in [0.05, 0.1) is 5.69 Å². The van der Waals surface area contributed by atoms with E-state index in [0.717, 1.165) is 35.6 Å². The minimum Gasteiger partial charge on any atom is -0.352 e. The normalized spacial score (nSPS) is 13.6. The van der Waals surface area contributed by atoms with Crippen LogP contribution in [-0.4, -0.2) is 26.3 Å². The van der Waals surface area contributed by atoms with Crippen LogP contribution in [0.15, 0.2) is 53.5 Å². The third kappa shape index (κ3) is 2.67. The van der Waals surface area contributed by atoms with Gasteiger partial charge in [0.2, 0.25) is 0 Å². The number of nitrogens with zero attached hydrogens (tertiary/aromatic N) is 5. The van der Waals surface area contributed by atoms with Crippen molar-refractivity contribution in [3.63, 3.8) is 0 Å². The summed E-state index contributed by atoms with van der Waals surface area (Å²) in [6.07, 6.45) is 2.58. The fraction of sp³-hybridized carbons (Fsp3) is 0.222. The monoisotopic (exact) mass is 319 g/mol. The Balaban J connectivity index is 1.65. The van der Waals surface area contributed by atoms with Crippen LogP contribution >= 0.6 is 0 Å². The van der Waals surface area contributed by atoms with Crippen LogP contribution in [0.4, 0.5) is 5.82 Å². The minimum atomic E-state index is -0.0803. The van der Waals surface area contributed by atoms with Crippen molar-refractivity contribution in [2.24, 2.45) is 7.05 Å². The molecule has 0 amide bonds. The van der Waals surface area contributed by atoms with Crippen LogP contribution in [0.2, 0.25) is 0 Å². The maximum atomic E-state index is 11.8. The highest BCUT2D eigenvalue weighted by Crippen LogP contribution is 2.23. The third-order valence-electron chi connectivity index (χ3n) is 4.23. The van der Waals surface area contributed by atoms with Gasteiger partial charge in [0.15, 0.2) is 5.82 Å². The van der Waals surface area contributed by atoms with Gasteiger partial charge >= 0.3 is 0 Å². The molecule has 0 radical (unpaired) electrons. The second kappa shape index (κ2) is 5.88.